The summed E-state index contributed by atoms with van der Waals surface area (Å²) in [5.41, 5.74) is 6.46. The molecule has 2 rings (SSSR count). The molecule has 0 aliphatic heterocycles. The van der Waals surface area contributed by atoms with Crippen molar-refractivity contribution in [2.45, 2.75) is 6.54 Å². The first-order valence-corrected chi connectivity index (χ1v) is 6.17. The fourth-order valence-corrected chi connectivity index (χ4v) is 2.29. The first kappa shape index (κ1) is 11.0. The summed E-state index contributed by atoms with van der Waals surface area (Å²) < 4.78 is 0.853. The highest BCUT2D eigenvalue weighted by atomic mass is 79.9. The maximum absolute atomic E-state index is 5.90. The minimum Gasteiger partial charge on any atom is -0.324 e. The zero-order valence-corrected chi connectivity index (χ0v) is 10.7. The molecule has 0 saturated heterocycles. The van der Waals surface area contributed by atoms with Crippen LogP contribution in [-0.4, -0.2) is 10.2 Å². The zero-order chi connectivity index (χ0) is 10.8. The summed E-state index contributed by atoms with van der Waals surface area (Å²) in [4.78, 5) is 0. The van der Waals surface area contributed by atoms with Gasteiger partial charge < -0.3 is 5.73 Å². The molecule has 1 heterocycles. The van der Waals surface area contributed by atoms with E-state index in [4.69, 9.17) is 17.3 Å². The Kier molecular flexibility index (Phi) is 3.35. The normalized spacial score (nSPS) is 10.6. The smallest absolute Gasteiger partial charge is 0.147 e. The van der Waals surface area contributed by atoms with Crippen molar-refractivity contribution in [3.63, 3.8) is 0 Å². The molecule has 0 fully saturated rings. The Labute approximate surface area is 104 Å². The number of hydrogen-bond acceptors (Lipinski definition) is 4. The van der Waals surface area contributed by atoms with Crippen LogP contribution in [0.15, 0.2) is 22.7 Å². The van der Waals surface area contributed by atoms with E-state index in [1.807, 2.05) is 18.2 Å². The summed E-state index contributed by atoms with van der Waals surface area (Å²) in [6.07, 6.45) is 0. The van der Waals surface area contributed by atoms with Crippen LogP contribution in [0.2, 0.25) is 5.02 Å². The van der Waals surface area contributed by atoms with E-state index in [0.717, 1.165) is 20.1 Å². The third kappa shape index (κ3) is 2.36. The van der Waals surface area contributed by atoms with Crippen molar-refractivity contribution in [3.05, 3.63) is 32.7 Å². The van der Waals surface area contributed by atoms with Crippen LogP contribution in [0.25, 0.3) is 10.6 Å². The Morgan fingerprint density at radius 1 is 1.40 bits per heavy atom. The molecule has 0 atom stereocenters. The predicted molar refractivity (Wildman–Crippen MR) is 65.9 cm³/mol. The third-order valence-electron chi connectivity index (χ3n) is 1.81. The predicted octanol–water partition coefficient (Wildman–Crippen LogP) is 3.08. The van der Waals surface area contributed by atoms with Crippen LogP contribution in [0, 0.1) is 0 Å². The largest absolute Gasteiger partial charge is 0.324 e. The van der Waals surface area contributed by atoms with Crippen molar-refractivity contribution in [1.29, 1.82) is 0 Å². The van der Waals surface area contributed by atoms with Gasteiger partial charge in [-0.15, -0.1) is 10.2 Å². The molecule has 0 radical (unpaired) electrons. The topological polar surface area (TPSA) is 51.8 Å². The van der Waals surface area contributed by atoms with E-state index in [9.17, 15) is 0 Å². The van der Waals surface area contributed by atoms with Crippen LogP contribution in [-0.2, 0) is 6.54 Å². The van der Waals surface area contributed by atoms with Crippen LogP contribution < -0.4 is 5.73 Å². The van der Waals surface area contributed by atoms with Crippen molar-refractivity contribution in [3.8, 4) is 10.6 Å². The molecule has 0 amide bonds. The van der Waals surface area contributed by atoms with Crippen molar-refractivity contribution in [2.24, 2.45) is 5.73 Å². The number of nitrogens with two attached hydrogens (primary N) is 1. The summed E-state index contributed by atoms with van der Waals surface area (Å²) in [6, 6.07) is 5.65. The van der Waals surface area contributed by atoms with Crippen LogP contribution >= 0.6 is 38.9 Å². The Morgan fingerprint density at radius 2 is 2.20 bits per heavy atom. The molecular weight excluding hydrogens is 298 g/mol. The number of aromatic nitrogens is 2. The lowest BCUT2D eigenvalue weighted by atomic mass is 10.2. The highest BCUT2D eigenvalue weighted by molar-refractivity contribution is 9.10. The van der Waals surface area contributed by atoms with Gasteiger partial charge in [-0.05, 0) is 28.1 Å². The molecule has 1 aromatic carbocycles. The summed E-state index contributed by atoms with van der Waals surface area (Å²) >= 11 is 10.8. The molecule has 78 valence electrons. The SMILES string of the molecule is NCc1nnc(-c2ccc(Cl)c(Br)c2)s1. The van der Waals surface area contributed by atoms with Gasteiger partial charge >= 0.3 is 0 Å². The zero-order valence-electron chi connectivity index (χ0n) is 7.58. The van der Waals surface area contributed by atoms with Crippen LogP contribution in [0.5, 0.6) is 0 Å². The van der Waals surface area contributed by atoms with Gasteiger partial charge in [0.1, 0.15) is 10.0 Å². The van der Waals surface area contributed by atoms with Crippen molar-refractivity contribution in [2.75, 3.05) is 0 Å². The van der Waals surface area contributed by atoms with Gasteiger partial charge in [0.25, 0.3) is 0 Å². The van der Waals surface area contributed by atoms with Gasteiger partial charge in [0, 0.05) is 16.6 Å². The quantitative estimate of drug-likeness (QED) is 0.927. The minimum atomic E-state index is 0.423. The summed E-state index contributed by atoms with van der Waals surface area (Å²) in [6.45, 7) is 0.423. The molecule has 2 aromatic rings. The second-order valence-electron chi connectivity index (χ2n) is 2.83. The van der Waals surface area contributed by atoms with E-state index in [1.165, 1.54) is 11.3 Å². The monoisotopic (exact) mass is 303 g/mol. The summed E-state index contributed by atoms with van der Waals surface area (Å²) in [5, 5.41) is 10.4. The average Bonchev–Trinajstić information content (AvgIpc) is 2.70. The van der Waals surface area contributed by atoms with Gasteiger partial charge in [0.15, 0.2) is 0 Å². The number of hydrogen-bond donors (Lipinski definition) is 1. The van der Waals surface area contributed by atoms with Crippen LogP contribution in [0.3, 0.4) is 0 Å². The van der Waals surface area contributed by atoms with E-state index in [1.54, 1.807) is 0 Å². The van der Waals surface area contributed by atoms with Crippen molar-refractivity contribution >= 4 is 38.9 Å². The van der Waals surface area contributed by atoms with Crippen LogP contribution in [0.4, 0.5) is 0 Å². The molecule has 0 aliphatic rings. The van der Waals surface area contributed by atoms with Gasteiger partial charge in [-0.25, -0.2) is 0 Å². The number of halogens is 2. The van der Waals surface area contributed by atoms with E-state index >= 15 is 0 Å². The van der Waals surface area contributed by atoms with Gasteiger partial charge in [0.2, 0.25) is 0 Å². The molecule has 6 heteroatoms. The van der Waals surface area contributed by atoms with Gasteiger partial charge in [-0.2, -0.15) is 0 Å². The number of nitrogens with zero attached hydrogens (tertiary/aromatic N) is 2. The third-order valence-corrected chi connectivity index (χ3v) is 4.02. The number of rotatable bonds is 2. The maximum atomic E-state index is 5.90. The molecular formula is C9H7BrClN3S. The van der Waals surface area contributed by atoms with Gasteiger partial charge in [-0.3, -0.25) is 0 Å². The Balaban J connectivity index is 2.40. The second kappa shape index (κ2) is 4.57. The molecule has 0 saturated carbocycles. The van der Waals surface area contributed by atoms with E-state index < -0.39 is 0 Å². The maximum Gasteiger partial charge on any atom is 0.147 e. The van der Waals surface area contributed by atoms with Crippen molar-refractivity contribution < 1.29 is 0 Å². The lowest BCUT2D eigenvalue weighted by Crippen LogP contribution is -1.94. The molecule has 0 aliphatic carbocycles. The minimum absolute atomic E-state index is 0.423. The Bertz CT molecular complexity index is 486. The number of benzene rings is 1. The second-order valence-corrected chi connectivity index (χ2v) is 5.16. The lowest BCUT2D eigenvalue weighted by molar-refractivity contribution is 0.960. The van der Waals surface area contributed by atoms with E-state index in [0.29, 0.717) is 11.6 Å². The molecule has 2 N–H and O–H groups in total. The molecule has 1 aromatic heterocycles. The van der Waals surface area contributed by atoms with Gasteiger partial charge in [-0.1, -0.05) is 29.0 Å². The van der Waals surface area contributed by atoms with E-state index in [2.05, 4.69) is 26.1 Å². The molecule has 15 heavy (non-hydrogen) atoms. The molecule has 0 bridgehead atoms. The van der Waals surface area contributed by atoms with E-state index in [-0.39, 0.29) is 0 Å². The highest BCUT2D eigenvalue weighted by Gasteiger charge is 2.07. The first-order valence-electron chi connectivity index (χ1n) is 4.18. The van der Waals surface area contributed by atoms with Crippen LogP contribution in [0.1, 0.15) is 5.01 Å². The first-order chi connectivity index (χ1) is 7.20. The summed E-state index contributed by atoms with van der Waals surface area (Å²) in [5.74, 6) is 0. The molecule has 0 unspecified atom stereocenters. The standard InChI is InChI=1S/C9H7BrClN3S/c10-6-3-5(1-2-7(6)11)9-14-13-8(4-12)15-9/h1-3H,4,12H2. The highest BCUT2D eigenvalue weighted by Crippen LogP contribution is 2.30. The van der Waals surface area contributed by atoms with Gasteiger partial charge in [0.05, 0.1) is 5.02 Å². The Hall–Kier alpha value is -0.490. The summed E-state index contributed by atoms with van der Waals surface area (Å²) in [7, 11) is 0. The Morgan fingerprint density at radius 3 is 2.80 bits per heavy atom. The lowest BCUT2D eigenvalue weighted by Gasteiger charge is -1.98. The average molecular weight is 305 g/mol. The molecule has 3 nitrogen and oxygen atoms in total. The molecule has 0 spiro atoms. The van der Waals surface area contributed by atoms with Crippen molar-refractivity contribution in [1.82, 2.24) is 10.2 Å². The fourth-order valence-electron chi connectivity index (χ4n) is 1.08. The fraction of sp³-hybridized carbons (Fsp3) is 0.111.